The molecule has 1 aliphatic rings. The molecule has 1 heterocycles. The molecule has 4 rings (SSSR count). The second-order valence-electron chi connectivity index (χ2n) is 4.66. The molecule has 3 nitrogen and oxygen atoms in total. The first-order valence-electron chi connectivity index (χ1n) is 6.13. The third-order valence-electron chi connectivity index (χ3n) is 3.67. The molecule has 92 valence electrons. The molecule has 0 fully saturated rings. The number of ether oxygens (including phenoxy) is 1. The van der Waals surface area contributed by atoms with Crippen LogP contribution in [0, 0.1) is 0 Å². The van der Waals surface area contributed by atoms with Crippen LogP contribution in [-0.2, 0) is 0 Å². The molecular weight excluding hydrogens is 238 g/mol. The second-order valence-corrected chi connectivity index (χ2v) is 4.66. The zero-order valence-electron chi connectivity index (χ0n) is 10.4. The van der Waals surface area contributed by atoms with Gasteiger partial charge >= 0.3 is 0 Å². The minimum Gasteiger partial charge on any atom is -0.497 e. The molecular formula is C16H11NO2. The fourth-order valence-corrected chi connectivity index (χ4v) is 2.78. The van der Waals surface area contributed by atoms with E-state index >= 15 is 0 Å². The minimum atomic E-state index is 0.0991. The quantitative estimate of drug-likeness (QED) is 0.562. The minimum absolute atomic E-state index is 0.0991. The van der Waals surface area contributed by atoms with Crippen molar-refractivity contribution in [3.05, 3.63) is 53.6 Å². The summed E-state index contributed by atoms with van der Waals surface area (Å²) in [4.78, 5) is 15.8. The standard InChI is InChI=1S/C16H11NO2/c1-19-9-6-7-12-13(8-9)17-15-10-4-2-3-5-11(10)16(18)14(12)15/h2-8,17H,1H3. The van der Waals surface area contributed by atoms with Gasteiger partial charge in [0.25, 0.3) is 0 Å². The molecule has 2 aromatic carbocycles. The lowest BCUT2D eigenvalue weighted by Gasteiger charge is -2.00. The van der Waals surface area contributed by atoms with E-state index in [0.29, 0.717) is 0 Å². The molecule has 0 spiro atoms. The fourth-order valence-electron chi connectivity index (χ4n) is 2.78. The molecule has 1 aliphatic carbocycles. The van der Waals surface area contributed by atoms with E-state index in [1.807, 2.05) is 42.5 Å². The first-order chi connectivity index (χ1) is 9.29. The number of methoxy groups -OCH3 is 1. The number of hydrogen-bond donors (Lipinski definition) is 1. The Morgan fingerprint density at radius 1 is 1.05 bits per heavy atom. The highest BCUT2D eigenvalue weighted by Gasteiger charge is 2.30. The Morgan fingerprint density at radius 3 is 2.63 bits per heavy atom. The van der Waals surface area contributed by atoms with Crippen LogP contribution in [0.3, 0.4) is 0 Å². The van der Waals surface area contributed by atoms with Crippen LogP contribution in [0.2, 0.25) is 0 Å². The molecule has 1 aromatic heterocycles. The van der Waals surface area contributed by atoms with Crippen molar-refractivity contribution < 1.29 is 9.53 Å². The summed E-state index contributed by atoms with van der Waals surface area (Å²) in [7, 11) is 1.64. The van der Waals surface area contributed by atoms with E-state index in [-0.39, 0.29) is 5.78 Å². The number of ketones is 1. The number of carbonyl (C=O) groups is 1. The number of hydrogen-bond acceptors (Lipinski definition) is 2. The van der Waals surface area contributed by atoms with Gasteiger partial charge in [-0.25, -0.2) is 0 Å². The van der Waals surface area contributed by atoms with E-state index in [0.717, 1.165) is 39.0 Å². The van der Waals surface area contributed by atoms with E-state index < -0.39 is 0 Å². The molecule has 0 amide bonds. The first-order valence-corrected chi connectivity index (χ1v) is 6.13. The van der Waals surface area contributed by atoms with Crippen LogP contribution in [0.5, 0.6) is 5.75 Å². The van der Waals surface area contributed by atoms with E-state index in [9.17, 15) is 4.79 Å². The van der Waals surface area contributed by atoms with Gasteiger partial charge in [0.1, 0.15) is 5.75 Å². The first kappa shape index (κ1) is 10.4. The van der Waals surface area contributed by atoms with Crippen LogP contribution in [0.4, 0.5) is 0 Å². The van der Waals surface area contributed by atoms with E-state index in [1.165, 1.54) is 0 Å². The Morgan fingerprint density at radius 2 is 1.84 bits per heavy atom. The third kappa shape index (κ3) is 1.24. The summed E-state index contributed by atoms with van der Waals surface area (Å²) in [6.45, 7) is 0. The van der Waals surface area contributed by atoms with Gasteiger partial charge in [-0.1, -0.05) is 24.3 Å². The van der Waals surface area contributed by atoms with Crippen molar-refractivity contribution in [2.24, 2.45) is 0 Å². The maximum absolute atomic E-state index is 12.5. The van der Waals surface area contributed by atoms with E-state index in [1.54, 1.807) is 7.11 Å². The average Bonchev–Trinajstić information content (AvgIpc) is 2.95. The molecule has 0 aliphatic heterocycles. The molecule has 0 bridgehead atoms. The highest BCUT2D eigenvalue weighted by molar-refractivity contribution is 6.27. The maximum atomic E-state index is 12.5. The normalized spacial score (nSPS) is 12.6. The highest BCUT2D eigenvalue weighted by Crippen LogP contribution is 2.40. The SMILES string of the molecule is COc1ccc2c3c([nH]c2c1)-c1ccccc1C3=O. The topological polar surface area (TPSA) is 42.1 Å². The highest BCUT2D eigenvalue weighted by atomic mass is 16.5. The van der Waals surface area contributed by atoms with Gasteiger partial charge in [-0.05, 0) is 12.1 Å². The van der Waals surface area contributed by atoms with Crippen molar-refractivity contribution in [1.82, 2.24) is 4.98 Å². The predicted octanol–water partition coefficient (Wildman–Crippen LogP) is 3.39. The summed E-state index contributed by atoms with van der Waals surface area (Å²) in [5, 5.41) is 0.956. The number of aromatic amines is 1. The third-order valence-corrected chi connectivity index (χ3v) is 3.67. The smallest absolute Gasteiger partial charge is 0.196 e. The monoisotopic (exact) mass is 249 g/mol. The summed E-state index contributed by atoms with van der Waals surface area (Å²) in [6.07, 6.45) is 0. The van der Waals surface area contributed by atoms with E-state index in [4.69, 9.17) is 4.74 Å². The van der Waals surface area contributed by atoms with Gasteiger partial charge in [-0.3, -0.25) is 4.79 Å². The second kappa shape index (κ2) is 3.48. The Labute approximate surface area is 109 Å². The number of benzene rings is 2. The van der Waals surface area contributed by atoms with Crippen LogP contribution in [0.25, 0.3) is 22.2 Å². The molecule has 0 saturated heterocycles. The average molecular weight is 249 g/mol. The van der Waals surface area contributed by atoms with Crippen molar-refractivity contribution >= 4 is 16.7 Å². The Kier molecular flexibility index (Phi) is 1.90. The van der Waals surface area contributed by atoms with Crippen molar-refractivity contribution in [3.8, 4) is 17.0 Å². The molecule has 0 saturated carbocycles. The fraction of sp³-hybridized carbons (Fsp3) is 0.0625. The molecule has 1 N–H and O–H groups in total. The number of carbonyl (C=O) groups excluding carboxylic acids is 1. The Hall–Kier alpha value is -2.55. The van der Waals surface area contributed by atoms with Gasteiger partial charge in [0, 0.05) is 22.6 Å². The van der Waals surface area contributed by atoms with Gasteiger partial charge in [0.2, 0.25) is 0 Å². The van der Waals surface area contributed by atoms with Crippen LogP contribution in [0.1, 0.15) is 15.9 Å². The van der Waals surface area contributed by atoms with Crippen molar-refractivity contribution in [1.29, 1.82) is 0 Å². The molecule has 3 aromatic rings. The van der Waals surface area contributed by atoms with Crippen LogP contribution in [-0.4, -0.2) is 17.9 Å². The van der Waals surface area contributed by atoms with Crippen molar-refractivity contribution in [3.63, 3.8) is 0 Å². The number of nitrogens with one attached hydrogen (secondary N) is 1. The lowest BCUT2D eigenvalue weighted by Crippen LogP contribution is -1.94. The zero-order valence-corrected chi connectivity index (χ0v) is 10.4. The van der Waals surface area contributed by atoms with Gasteiger partial charge < -0.3 is 9.72 Å². The van der Waals surface area contributed by atoms with Crippen molar-refractivity contribution in [2.75, 3.05) is 7.11 Å². The summed E-state index contributed by atoms with van der Waals surface area (Å²) in [5.41, 5.74) is 4.40. The van der Waals surface area contributed by atoms with Crippen LogP contribution in [0.15, 0.2) is 42.5 Å². The van der Waals surface area contributed by atoms with Crippen LogP contribution >= 0.6 is 0 Å². The van der Waals surface area contributed by atoms with Crippen LogP contribution < -0.4 is 4.74 Å². The van der Waals surface area contributed by atoms with Crippen molar-refractivity contribution in [2.45, 2.75) is 0 Å². The predicted molar refractivity (Wildman–Crippen MR) is 73.7 cm³/mol. The van der Waals surface area contributed by atoms with E-state index in [2.05, 4.69) is 4.98 Å². The number of rotatable bonds is 1. The molecule has 0 atom stereocenters. The van der Waals surface area contributed by atoms with Gasteiger partial charge in [-0.15, -0.1) is 0 Å². The number of fused-ring (bicyclic) bond motifs is 5. The maximum Gasteiger partial charge on any atom is 0.196 e. The molecule has 3 heteroatoms. The number of H-pyrrole nitrogens is 1. The van der Waals surface area contributed by atoms with Gasteiger partial charge in [0.15, 0.2) is 5.78 Å². The molecule has 0 unspecified atom stereocenters. The summed E-state index contributed by atoms with van der Waals surface area (Å²) in [5.74, 6) is 0.884. The lowest BCUT2D eigenvalue weighted by atomic mass is 10.1. The Balaban J connectivity index is 2.08. The van der Waals surface area contributed by atoms with Gasteiger partial charge in [-0.2, -0.15) is 0 Å². The summed E-state index contributed by atoms with van der Waals surface area (Å²) < 4.78 is 5.21. The largest absolute Gasteiger partial charge is 0.497 e. The number of aromatic nitrogens is 1. The lowest BCUT2D eigenvalue weighted by molar-refractivity contribution is 0.104. The molecule has 0 radical (unpaired) electrons. The Bertz CT molecular complexity index is 830. The zero-order chi connectivity index (χ0) is 13.0. The summed E-state index contributed by atoms with van der Waals surface area (Å²) in [6, 6.07) is 13.4. The molecule has 19 heavy (non-hydrogen) atoms. The van der Waals surface area contributed by atoms with Gasteiger partial charge in [0.05, 0.1) is 23.9 Å². The summed E-state index contributed by atoms with van der Waals surface area (Å²) >= 11 is 0.